The number of fused-ring (bicyclic) bond motifs is 1. The quantitative estimate of drug-likeness (QED) is 0.268. The van der Waals surface area contributed by atoms with Crippen LogP contribution in [0.15, 0.2) is 36.4 Å². The molecule has 4 atom stereocenters. The van der Waals surface area contributed by atoms with Crippen LogP contribution in [0.4, 0.5) is 8.78 Å². The van der Waals surface area contributed by atoms with Gasteiger partial charge in [-0.1, -0.05) is 31.9 Å². The van der Waals surface area contributed by atoms with Gasteiger partial charge in [0.1, 0.15) is 6.10 Å². The van der Waals surface area contributed by atoms with Crippen LogP contribution < -0.4 is 9.47 Å². The molecule has 5 rings (SSSR count). The second-order valence-corrected chi connectivity index (χ2v) is 12.6. The van der Waals surface area contributed by atoms with Crippen molar-refractivity contribution in [2.75, 3.05) is 13.2 Å². The third-order valence-electron chi connectivity index (χ3n) is 9.89. The minimum absolute atomic E-state index is 0.0361. The molecule has 4 nitrogen and oxygen atoms in total. The van der Waals surface area contributed by atoms with Crippen molar-refractivity contribution in [3.63, 3.8) is 0 Å². The lowest BCUT2D eigenvalue weighted by Gasteiger charge is -2.41. The lowest BCUT2D eigenvalue weighted by molar-refractivity contribution is -0.00832. The van der Waals surface area contributed by atoms with E-state index >= 15 is 0 Å². The number of hydrogen-bond acceptors (Lipinski definition) is 4. The van der Waals surface area contributed by atoms with Crippen LogP contribution in [0.3, 0.4) is 0 Å². The topological polar surface area (TPSA) is 44.8 Å². The smallest absolute Gasteiger partial charge is 0.338 e. The molecule has 3 saturated carbocycles. The molecule has 224 valence electrons. The first kappa shape index (κ1) is 29.8. The fourth-order valence-corrected chi connectivity index (χ4v) is 7.61. The molecular weight excluding hydrogens is 522 g/mol. The van der Waals surface area contributed by atoms with Crippen molar-refractivity contribution >= 4 is 5.97 Å². The molecule has 6 heteroatoms. The average molecular weight is 569 g/mol. The molecule has 41 heavy (non-hydrogen) atoms. The number of rotatable bonds is 10. The van der Waals surface area contributed by atoms with Crippen molar-refractivity contribution in [3.8, 4) is 11.5 Å². The van der Waals surface area contributed by atoms with Gasteiger partial charge in [0, 0.05) is 0 Å². The van der Waals surface area contributed by atoms with Crippen molar-refractivity contribution in [2.24, 2.45) is 23.7 Å². The van der Waals surface area contributed by atoms with Crippen molar-refractivity contribution in [2.45, 2.75) is 103 Å². The highest BCUT2D eigenvalue weighted by molar-refractivity contribution is 5.89. The zero-order valence-electron chi connectivity index (χ0n) is 24.7. The Hall–Kier alpha value is -2.63. The van der Waals surface area contributed by atoms with Crippen LogP contribution in [-0.4, -0.2) is 25.3 Å². The summed E-state index contributed by atoms with van der Waals surface area (Å²) >= 11 is 0. The molecule has 0 heterocycles. The van der Waals surface area contributed by atoms with Crippen molar-refractivity contribution in [1.29, 1.82) is 0 Å². The SMILES string of the molecule is CCCC1CCC(c2ccc(C(=O)OC3CCC4CC(COc5ccc(OCC)c(F)c5F)CCC4C3)cc2)CC1. The van der Waals surface area contributed by atoms with Gasteiger partial charge in [0.25, 0.3) is 0 Å². The first-order valence-electron chi connectivity index (χ1n) is 16.0. The van der Waals surface area contributed by atoms with E-state index in [0.717, 1.165) is 44.4 Å². The van der Waals surface area contributed by atoms with Gasteiger partial charge in [-0.05, 0) is 131 Å². The van der Waals surface area contributed by atoms with E-state index in [9.17, 15) is 13.6 Å². The highest BCUT2D eigenvalue weighted by Gasteiger charge is 2.37. The van der Waals surface area contributed by atoms with Crippen molar-refractivity contribution in [1.82, 2.24) is 0 Å². The lowest BCUT2D eigenvalue weighted by Crippen LogP contribution is -2.36. The van der Waals surface area contributed by atoms with Gasteiger partial charge in [-0.25, -0.2) is 4.79 Å². The Bertz CT molecular complexity index is 1140. The molecule has 3 aliphatic carbocycles. The van der Waals surface area contributed by atoms with E-state index in [2.05, 4.69) is 19.1 Å². The van der Waals surface area contributed by atoms with Crippen molar-refractivity contribution < 1.29 is 27.8 Å². The maximum atomic E-state index is 14.4. The Labute approximate surface area is 244 Å². The molecule has 0 saturated heterocycles. The fraction of sp³-hybridized carbons (Fsp3) is 0.629. The molecule has 2 aromatic carbocycles. The van der Waals surface area contributed by atoms with E-state index in [1.165, 1.54) is 56.2 Å². The van der Waals surface area contributed by atoms with E-state index in [0.29, 0.717) is 35.8 Å². The van der Waals surface area contributed by atoms with E-state index < -0.39 is 11.6 Å². The van der Waals surface area contributed by atoms with Crippen LogP contribution in [0.2, 0.25) is 0 Å². The number of hydrogen-bond donors (Lipinski definition) is 0. The van der Waals surface area contributed by atoms with Gasteiger partial charge in [0.05, 0.1) is 18.8 Å². The van der Waals surface area contributed by atoms with Crippen LogP contribution in [0.5, 0.6) is 11.5 Å². The number of esters is 1. The third kappa shape index (κ3) is 7.42. The van der Waals surface area contributed by atoms with Gasteiger partial charge >= 0.3 is 5.97 Å². The summed E-state index contributed by atoms with van der Waals surface area (Å²) in [5.41, 5.74) is 2.00. The summed E-state index contributed by atoms with van der Waals surface area (Å²) in [6.45, 7) is 4.65. The van der Waals surface area contributed by atoms with Crippen molar-refractivity contribution in [3.05, 3.63) is 59.2 Å². The van der Waals surface area contributed by atoms with E-state index in [-0.39, 0.29) is 30.2 Å². The second-order valence-electron chi connectivity index (χ2n) is 12.6. The summed E-state index contributed by atoms with van der Waals surface area (Å²) in [6, 6.07) is 11.0. The Balaban J connectivity index is 1.06. The molecule has 3 aliphatic rings. The molecule has 4 unspecified atom stereocenters. The summed E-state index contributed by atoms with van der Waals surface area (Å²) in [4.78, 5) is 13.0. The largest absolute Gasteiger partial charge is 0.491 e. The Kier molecular flexibility index (Phi) is 10.2. The maximum absolute atomic E-state index is 14.4. The molecule has 3 fully saturated rings. The normalized spacial score (nSPS) is 28.0. The van der Waals surface area contributed by atoms with Gasteiger partial charge < -0.3 is 14.2 Å². The highest BCUT2D eigenvalue weighted by Crippen LogP contribution is 2.44. The van der Waals surface area contributed by atoms with Crippen LogP contribution in [0.1, 0.15) is 113 Å². The Morgan fingerprint density at radius 1 is 0.756 bits per heavy atom. The van der Waals surface area contributed by atoms with E-state index in [1.54, 1.807) is 6.92 Å². The van der Waals surface area contributed by atoms with E-state index in [4.69, 9.17) is 14.2 Å². The molecule has 0 spiro atoms. The molecule has 0 radical (unpaired) electrons. The molecular formula is C35H46F2O4. The monoisotopic (exact) mass is 568 g/mol. The average Bonchev–Trinajstić information content (AvgIpc) is 3.00. The van der Waals surface area contributed by atoms with Gasteiger partial charge in [-0.15, -0.1) is 0 Å². The van der Waals surface area contributed by atoms with Gasteiger partial charge in [0.15, 0.2) is 11.5 Å². The maximum Gasteiger partial charge on any atom is 0.338 e. The highest BCUT2D eigenvalue weighted by atomic mass is 19.2. The Morgan fingerprint density at radius 3 is 2.07 bits per heavy atom. The zero-order valence-corrected chi connectivity index (χ0v) is 24.7. The molecule has 0 aromatic heterocycles. The van der Waals surface area contributed by atoms with Crippen LogP contribution in [0, 0.1) is 35.3 Å². The van der Waals surface area contributed by atoms with Gasteiger partial charge in [0.2, 0.25) is 11.6 Å². The standard InChI is InChI=1S/C35H46F2O4/c1-3-5-23-6-9-25(10-7-23)26-12-14-27(15-13-26)35(38)41-30-17-16-28-20-24(8-11-29(28)21-30)22-40-32-19-18-31(39-4-2)33(36)34(32)37/h12-15,18-19,23-25,28-30H,3-11,16-17,20-22H2,1-2H3. The van der Waals surface area contributed by atoms with Gasteiger partial charge in [-0.2, -0.15) is 8.78 Å². The first-order valence-corrected chi connectivity index (χ1v) is 16.0. The summed E-state index contributed by atoms with van der Waals surface area (Å²) in [6.07, 6.45) is 13.6. The van der Waals surface area contributed by atoms with Crippen LogP contribution >= 0.6 is 0 Å². The molecule has 0 amide bonds. The van der Waals surface area contributed by atoms with Gasteiger partial charge in [-0.3, -0.25) is 0 Å². The second kappa shape index (κ2) is 14.0. The summed E-state index contributed by atoms with van der Waals surface area (Å²) < 4.78 is 45.4. The predicted molar refractivity (Wildman–Crippen MR) is 156 cm³/mol. The number of carbonyl (C=O) groups is 1. The fourth-order valence-electron chi connectivity index (χ4n) is 7.61. The molecule has 2 aromatic rings. The van der Waals surface area contributed by atoms with Crippen LogP contribution in [-0.2, 0) is 4.74 Å². The summed E-state index contributed by atoms with van der Waals surface area (Å²) in [5, 5.41) is 0. The number of ether oxygens (including phenoxy) is 3. The minimum Gasteiger partial charge on any atom is -0.491 e. The minimum atomic E-state index is -0.999. The first-order chi connectivity index (χ1) is 19.9. The van der Waals surface area contributed by atoms with E-state index in [1.807, 2.05) is 12.1 Å². The summed E-state index contributed by atoms with van der Waals surface area (Å²) in [7, 11) is 0. The number of carbonyl (C=O) groups excluding carboxylic acids is 1. The predicted octanol–water partition coefficient (Wildman–Crippen LogP) is 9.26. The lowest BCUT2D eigenvalue weighted by atomic mass is 9.67. The van der Waals surface area contributed by atoms with Crippen LogP contribution in [0.25, 0.3) is 0 Å². The Morgan fingerprint density at radius 2 is 1.39 bits per heavy atom. The molecule has 0 aliphatic heterocycles. The molecule has 0 N–H and O–H groups in total. The molecule has 0 bridgehead atoms. The third-order valence-corrected chi connectivity index (χ3v) is 9.89. The number of benzene rings is 2. The zero-order chi connectivity index (χ0) is 28.8. The summed E-state index contributed by atoms with van der Waals surface area (Å²) in [5.74, 6) is 0.557. The number of halogens is 2.